The maximum absolute atomic E-state index is 10.4. The molecule has 1 aromatic heterocycles. The molecule has 1 N–H and O–H groups in total. The molecular formula is C22H30N2O3. The van der Waals surface area contributed by atoms with Gasteiger partial charge in [0.15, 0.2) is 0 Å². The second-order valence-corrected chi connectivity index (χ2v) is 8.37. The Morgan fingerprint density at radius 1 is 1.22 bits per heavy atom. The van der Waals surface area contributed by atoms with E-state index in [1.165, 1.54) is 0 Å². The van der Waals surface area contributed by atoms with E-state index in [0.717, 1.165) is 61.2 Å². The van der Waals surface area contributed by atoms with Gasteiger partial charge in [-0.25, -0.2) is 4.98 Å². The number of methoxy groups -OCH3 is 1. The predicted octanol–water partition coefficient (Wildman–Crippen LogP) is 3.78. The summed E-state index contributed by atoms with van der Waals surface area (Å²) < 4.78 is 12.0. The lowest BCUT2D eigenvalue weighted by Crippen LogP contribution is -2.53. The van der Waals surface area contributed by atoms with Crippen molar-refractivity contribution in [3.05, 3.63) is 30.3 Å². The summed E-state index contributed by atoms with van der Waals surface area (Å²) in [6.45, 7) is 6.15. The first-order valence-electron chi connectivity index (χ1n) is 10.0. The molecule has 0 amide bonds. The number of benzene rings is 1. The van der Waals surface area contributed by atoms with E-state index in [9.17, 15) is 5.11 Å². The fourth-order valence-electron chi connectivity index (χ4n) is 4.52. The van der Waals surface area contributed by atoms with Gasteiger partial charge in [0, 0.05) is 24.9 Å². The molecule has 0 unspecified atom stereocenters. The van der Waals surface area contributed by atoms with E-state index < -0.39 is 0 Å². The molecule has 0 aliphatic carbocycles. The van der Waals surface area contributed by atoms with Crippen LogP contribution in [-0.2, 0) is 4.74 Å². The van der Waals surface area contributed by atoms with Crippen molar-refractivity contribution in [2.45, 2.75) is 57.3 Å². The highest BCUT2D eigenvalue weighted by Gasteiger charge is 2.44. The van der Waals surface area contributed by atoms with Gasteiger partial charge >= 0.3 is 0 Å². The summed E-state index contributed by atoms with van der Waals surface area (Å²) in [5.74, 6) is 2.23. The second-order valence-electron chi connectivity index (χ2n) is 8.37. The molecule has 0 bridgehead atoms. The number of rotatable bonds is 3. The van der Waals surface area contributed by atoms with Crippen LogP contribution in [0.4, 0.5) is 5.82 Å². The third-order valence-corrected chi connectivity index (χ3v) is 6.14. The lowest BCUT2D eigenvalue weighted by molar-refractivity contribution is -0.183. The lowest BCUT2D eigenvalue weighted by atomic mass is 9.80. The first-order valence-corrected chi connectivity index (χ1v) is 10.0. The summed E-state index contributed by atoms with van der Waals surface area (Å²) in [6.07, 6.45) is 3.28. The highest BCUT2D eigenvalue weighted by molar-refractivity contribution is 5.86. The van der Waals surface area contributed by atoms with Crippen molar-refractivity contribution in [1.29, 1.82) is 0 Å². The number of hydrogen-bond donors (Lipinski definition) is 1. The van der Waals surface area contributed by atoms with Crippen molar-refractivity contribution < 1.29 is 14.6 Å². The SMILES string of the molecule is COc1cccc2ccc(N3CCC4(CC3)C[C@H](O)C[C@H](C(C)C)O4)nc12. The van der Waals surface area contributed by atoms with Gasteiger partial charge in [-0.05, 0) is 43.4 Å². The minimum absolute atomic E-state index is 0.156. The molecule has 2 aliphatic rings. The van der Waals surface area contributed by atoms with Crippen LogP contribution in [0.2, 0.25) is 0 Å². The number of nitrogens with zero attached hydrogens (tertiary/aromatic N) is 2. The van der Waals surface area contributed by atoms with Crippen LogP contribution in [0.25, 0.3) is 10.9 Å². The molecule has 5 nitrogen and oxygen atoms in total. The topological polar surface area (TPSA) is 54.8 Å². The van der Waals surface area contributed by atoms with Gasteiger partial charge in [-0.2, -0.15) is 0 Å². The van der Waals surface area contributed by atoms with Gasteiger partial charge in [0.2, 0.25) is 0 Å². The van der Waals surface area contributed by atoms with Crippen LogP contribution in [-0.4, -0.2) is 48.1 Å². The molecule has 0 saturated carbocycles. The number of hydrogen-bond acceptors (Lipinski definition) is 5. The summed E-state index contributed by atoms with van der Waals surface area (Å²) in [4.78, 5) is 7.20. The molecule has 2 aliphatic heterocycles. The molecule has 2 saturated heterocycles. The highest BCUT2D eigenvalue weighted by Crippen LogP contribution is 2.40. The Labute approximate surface area is 161 Å². The van der Waals surface area contributed by atoms with E-state index in [1.807, 2.05) is 12.1 Å². The standard InChI is InChI=1S/C22H30N2O3/c1-15(2)19-13-17(25)14-22(27-19)9-11-24(12-10-22)20-8-7-16-5-4-6-18(26-3)21(16)23-20/h4-8,15,17,19,25H,9-14H2,1-3H3/t17-,19-/m1/s1. The Bertz CT molecular complexity index is 799. The maximum Gasteiger partial charge on any atom is 0.145 e. The number of pyridine rings is 1. The van der Waals surface area contributed by atoms with E-state index in [1.54, 1.807) is 7.11 Å². The summed E-state index contributed by atoms with van der Waals surface area (Å²) in [5, 5.41) is 11.5. The fourth-order valence-corrected chi connectivity index (χ4v) is 4.52. The average molecular weight is 370 g/mol. The van der Waals surface area contributed by atoms with Crippen LogP contribution in [0.5, 0.6) is 5.75 Å². The maximum atomic E-state index is 10.4. The number of aliphatic hydroxyl groups excluding tert-OH is 1. The fraction of sp³-hybridized carbons (Fsp3) is 0.591. The van der Waals surface area contributed by atoms with Gasteiger partial charge < -0.3 is 19.5 Å². The predicted molar refractivity (Wildman–Crippen MR) is 107 cm³/mol. The quantitative estimate of drug-likeness (QED) is 0.891. The summed E-state index contributed by atoms with van der Waals surface area (Å²) in [5.41, 5.74) is 0.722. The first kappa shape index (κ1) is 18.5. The van der Waals surface area contributed by atoms with Crippen LogP contribution in [0.3, 0.4) is 0 Å². The molecule has 0 radical (unpaired) electrons. The number of fused-ring (bicyclic) bond motifs is 1. The molecule has 4 rings (SSSR count). The molecule has 2 aromatic rings. The normalized spacial score (nSPS) is 25.3. The zero-order chi connectivity index (χ0) is 19.0. The smallest absolute Gasteiger partial charge is 0.145 e. The Hall–Kier alpha value is -1.85. The highest BCUT2D eigenvalue weighted by atomic mass is 16.5. The van der Waals surface area contributed by atoms with Crippen LogP contribution in [0.1, 0.15) is 39.5 Å². The van der Waals surface area contributed by atoms with Crippen molar-refractivity contribution >= 4 is 16.7 Å². The van der Waals surface area contributed by atoms with Crippen molar-refractivity contribution in [3.8, 4) is 5.75 Å². The Morgan fingerprint density at radius 3 is 2.70 bits per heavy atom. The Balaban J connectivity index is 1.51. The van der Waals surface area contributed by atoms with Gasteiger partial charge in [-0.15, -0.1) is 0 Å². The zero-order valence-corrected chi connectivity index (χ0v) is 16.5. The van der Waals surface area contributed by atoms with E-state index in [4.69, 9.17) is 14.5 Å². The number of para-hydroxylation sites is 1. The van der Waals surface area contributed by atoms with Gasteiger partial charge in [-0.3, -0.25) is 0 Å². The Kier molecular flexibility index (Phi) is 4.99. The molecule has 3 heterocycles. The zero-order valence-electron chi connectivity index (χ0n) is 16.5. The monoisotopic (exact) mass is 370 g/mol. The average Bonchev–Trinajstić information content (AvgIpc) is 2.67. The number of anilines is 1. The van der Waals surface area contributed by atoms with Gasteiger partial charge in [0.05, 0.1) is 24.9 Å². The number of piperidine rings is 1. The molecule has 5 heteroatoms. The summed E-state index contributed by atoms with van der Waals surface area (Å²) in [6, 6.07) is 10.2. The van der Waals surface area contributed by atoms with Crippen molar-refractivity contribution in [1.82, 2.24) is 4.98 Å². The molecule has 27 heavy (non-hydrogen) atoms. The van der Waals surface area contributed by atoms with Crippen LogP contribution >= 0.6 is 0 Å². The van der Waals surface area contributed by atoms with Crippen molar-refractivity contribution in [2.24, 2.45) is 5.92 Å². The van der Waals surface area contributed by atoms with Crippen LogP contribution < -0.4 is 9.64 Å². The van der Waals surface area contributed by atoms with Crippen molar-refractivity contribution in [3.63, 3.8) is 0 Å². The molecule has 146 valence electrons. The first-order chi connectivity index (χ1) is 13.0. The van der Waals surface area contributed by atoms with E-state index in [-0.39, 0.29) is 17.8 Å². The minimum atomic E-state index is -0.249. The number of ether oxygens (including phenoxy) is 2. The van der Waals surface area contributed by atoms with Gasteiger partial charge in [0.25, 0.3) is 0 Å². The summed E-state index contributed by atoms with van der Waals surface area (Å²) >= 11 is 0. The van der Waals surface area contributed by atoms with Gasteiger partial charge in [0.1, 0.15) is 17.1 Å². The third kappa shape index (κ3) is 3.63. The molecule has 2 fully saturated rings. The molecule has 1 aromatic carbocycles. The second kappa shape index (κ2) is 7.28. The lowest BCUT2D eigenvalue weighted by Gasteiger charge is -2.49. The Morgan fingerprint density at radius 2 is 2.00 bits per heavy atom. The van der Waals surface area contributed by atoms with E-state index in [0.29, 0.717) is 5.92 Å². The van der Waals surface area contributed by atoms with Crippen LogP contribution in [0.15, 0.2) is 30.3 Å². The summed E-state index contributed by atoms with van der Waals surface area (Å²) in [7, 11) is 1.69. The van der Waals surface area contributed by atoms with E-state index >= 15 is 0 Å². The third-order valence-electron chi connectivity index (χ3n) is 6.14. The van der Waals surface area contributed by atoms with E-state index in [2.05, 4.69) is 36.9 Å². The molecule has 1 spiro atoms. The molecule has 2 atom stereocenters. The van der Waals surface area contributed by atoms with Crippen molar-refractivity contribution in [2.75, 3.05) is 25.1 Å². The largest absolute Gasteiger partial charge is 0.494 e. The van der Waals surface area contributed by atoms with Gasteiger partial charge in [-0.1, -0.05) is 26.0 Å². The molecular weight excluding hydrogens is 340 g/mol. The van der Waals surface area contributed by atoms with Crippen LogP contribution in [0, 0.1) is 5.92 Å². The minimum Gasteiger partial charge on any atom is -0.494 e. The number of aliphatic hydroxyl groups is 1. The number of aromatic nitrogens is 1.